The van der Waals surface area contributed by atoms with E-state index in [1.165, 1.54) is 38.2 Å². The number of rotatable bonds is 9. The van der Waals surface area contributed by atoms with Gasteiger partial charge in [0.1, 0.15) is 23.0 Å². The van der Waals surface area contributed by atoms with Crippen LogP contribution in [0.2, 0.25) is 0 Å². The molecule has 0 saturated carbocycles. The Morgan fingerprint density at radius 1 is 1.28 bits per heavy atom. The molecule has 2 fully saturated rings. The van der Waals surface area contributed by atoms with Crippen molar-refractivity contribution < 1.29 is 31.0 Å². The lowest BCUT2D eigenvalue weighted by Gasteiger charge is -2.24. The minimum Gasteiger partial charge on any atom is -0.463 e. The van der Waals surface area contributed by atoms with E-state index in [0.29, 0.717) is 37.4 Å². The Morgan fingerprint density at radius 2 is 1.94 bits per heavy atom. The lowest BCUT2D eigenvalue weighted by molar-refractivity contribution is -0.164. The van der Waals surface area contributed by atoms with Crippen LogP contribution in [-0.4, -0.2) is 61.3 Å². The molecule has 1 unspecified atom stereocenters. The molecule has 1 N–H and O–H groups in total. The number of pyridine rings is 1. The van der Waals surface area contributed by atoms with Crippen LogP contribution in [0.15, 0.2) is 10.9 Å². The first-order valence-electron chi connectivity index (χ1n) is 12.2. The third kappa shape index (κ3) is 7.42. The van der Waals surface area contributed by atoms with Crippen molar-refractivity contribution in [2.75, 3.05) is 40.0 Å². The molecule has 0 radical (unpaired) electrons. The number of ether oxygens (including phenoxy) is 4. The molecule has 0 aliphatic carbocycles. The fraction of sp³-hybridized carbons (Fsp3) is 0.696. The normalized spacial score (nSPS) is 18.5. The molecule has 1 spiro atoms. The molecule has 2 saturated heterocycles. The number of nitrogens with zero attached hydrogens (tertiary/aromatic N) is 2. The summed E-state index contributed by atoms with van der Waals surface area (Å²) in [6, 6.07) is 1.65. The van der Waals surface area contributed by atoms with Gasteiger partial charge in [0, 0.05) is 43.7 Å². The summed E-state index contributed by atoms with van der Waals surface area (Å²) in [5.41, 5.74) is 0.873. The zero-order valence-corrected chi connectivity index (χ0v) is 24.2. The van der Waals surface area contributed by atoms with Crippen LogP contribution < -0.4 is 10.9 Å². The SMILES string of the molecule is CC.CCOC(=O)C(OC=O)c1cc2n(c(=O)c1CNC)CCC21OCCO1.IOSN1CCCC1. The molecule has 3 aliphatic rings. The Balaban J connectivity index is 0.000000384. The first-order valence-corrected chi connectivity index (χ1v) is 13.7. The monoisotopic (exact) mass is 641 g/mol. The molecule has 1 atom stereocenters. The Morgan fingerprint density at radius 3 is 2.50 bits per heavy atom. The lowest BCUT2D eigenvalue weighted by Crippen LogP contribution is -2.33. The number of fused-ring (bicyclic) bond motifs is 2. The van der Waals surface area contributed by atoms with E-state index in [1.54, 1.807) is 24.6 Å². The van der Waals surface area contributed by atoms with E-state index in [-0.39, 0.29) is 30.7 Å². The van der Waals surface area contributed by atoms with E-state index in [0.717, 1.165) is 0 Å². The average Bonchev–Trinajstić information content (AvgIpc) is 3.65. The predicted molar refractivity (Wildman–Crippen MR) is 143 cm³/mol. The number of hydrogen-bond donors (Lipinski definition) is 1. The minimum atomic E-state index is -1.33. The second kappa shape index (κ2) is 15.9. The van der Waals surface area contributed by atoms with Crippen LogP contribution in [0.1, 0.15) is 63.0 Å². The minimum absolute atomic E-state index is 0.124. The molecule has 0 amide bonds. The van der Waals surface area contributed by atoms with E-state index >= 15 is 0 Å². The highest BCUT2D eigenvalue weighted by Gasteiger charge is 2.46. The van der Waals surface area contributed by atoms with E-state index in [4.69, 9.17) is 21.5 Å². The second-order valence-electron chi connectivity index (χ2n) is 7.79. The van der Waals surface area contributed by atoms with Gasteiger partial charge in [-0.25, -0.2) is 11.6 Å². The van der Waals surface area contributed by atoms with Crippen molar-refractivity contribution in [3.05, 3.63) is 33.2 Å². The second-order valence-corrected chi connectivity index (χ2v) is 9.66. The summed E-state index contributed by atoms with van der Waals surface area (Å²) in [5.74, 6) is -1.73. The van der Waals surface area contributed by atoms with Gasteiger partial charge in [-0.2, -0.15) is 0 Å². The van der Waals surface area contributed by atoms with Crippen molar-refractivity contribution in [2.24, 2.45) is 0 Å². The molecular formula is C23H36IN3O8S. The largest absolute Gasteiger partial charge is 0.463 e. The van der Waals surface area contributed by atoms with Crippen LogP contribution in [-0.2, 0) is 49.9 Å². The Hall–Kier alpha value is -1.23. The molecule has 11 nitrogen and oxygen atoms in total. The summed E-state index contributed by atoms with van der Waals surface area (Å²) in [7, 11) is 1.69. The maximum absolute atomic E-state index is 13.0. The highest BCUT2D eigenvalue weighted by atomic mass is 127. The van der Waals surface area contributed by atoms with Gasteiger partial charge < -0.3 is 28.8 Å². The van der Waals surface area contributed by atoms with Gasteiger partial charge in [-0.1, -0.05) is 13.8 Å². The molecule has 204 valence electrons. The smallest absolute Gasteiger partial charge is 0.352 e. The van der Waals surface area contributed by atoms with Gasteiger partial charge in [0.05, 0.1) is 37.7 Å². The van der Waals surface area contributed by atoms with Gasteiger partial charge in [0.2, 0.25) is 11.9 Å². The first kappa shape index (κ1) is 31.0. The molecule has 1 aromatic heterocycles. The highest BCUT2D eigenvalue weighted by Crippen LogP contribution is 2.40. The molecule has 36 heavy (non-hydrogen) atoms. The van der Waals surface area contributed by atoms with Crippen molar-refractivity contribution in [3.63, 3.8) is 0 Å². The van der Waals surface area contributed by atoms with Gasteiger partial charge in [-0.3, -0.25) is 9.59 Å². The van der Waals surface area contributed by atoms with Gasteiger partial charge in [-0.05, 0) is 32.9 Å². The van der Waals surface area contributed by atoms with Crippen LogP contribution in [0.4, 0.5) is 0 Å². The van der Waals surface area contributed by atoms with Gasteiger partial charge in [-0.15, -0.1) is 0 Å². The Kier molecular flexibility index (Phi) is 13.7. The molecule has 0 aromatic carbocycles. The summed E-state index contributed by atoms with van der Waals surface area (Å²) < 4.78 is 30.2. The summed E-state index contributed by atoms with van der Waals surface area (Å²) >= 11 is 3.36. The first-order chi connectivity index (χ1) is 17.5. The molecular weight excluding hydrogens is 605 g/mol. The summed E-state index contributed by atoms with van der Waals surface area (Å²) in [6.07, 6.45) is 1.83. The third-order valence-corrected chi connectivity index (χ3v) is 6.89. The zero-order valence-electron chi connectivity index (χ0n) is 21.2. The quantitative estimate of drug-likeness (QED) is 0.141. The van der Waals surface area contributed by atoms with Crippen LogP contribution in [0.25, 0.3) is 0 Å². The number of carbonyl (C=O) groups excluding carboxylic acids is 2. The maximum Gasteiger partial charge on any atom is 0.352 e. The van der Waals surface area contributed by atoms with E-state index < -0.39 is 17.9 Å². The standard InChI is InChI=1S/C17H22N2O7.C4H8INOS.C2H6/c1-3-23-16(22)14(24-10-20)11-8-13-17(25-6-7-26-17)4-5-19(13)15(21)12(11)9-18-2;5-7-8-6-3-1-2-4-6;1-2/h8,10,14,18H,3-7,9H2,1-2H3;1-4H2;1-2H3. The molecule has 3 aliphatic heterocycles. The van der Waals surface area contributed by atoms with Crippen molar-refractivity contribution in [1.29, 1.82) is 0 Å². The van der Waals surface area contributed by atoms with Gasteiger partial charge in [0.25, 0.3) is 12.0 Å². The van der Waals surface area contributed by atoms with Crippen LogP contribution >= 0.6 is 35.2 Å². The van der Waals surface area contributed by atoms with E-state index in [2.05, 4.69) is 9.62 Å². The highest BCUT2D eigenvalue weighted by molar-refractivity contribution is 14.1. The lowest BCUT2D eigenvalue weighted by atomic mass is 10.0. The van der Waals surface area contributed by atoms with Crippen LogP contribution in [0.5, 0.6) is 0 Å². The van der Waals surface area contributed by atoms with Crippen LogP contribution in [0.3, 0.4) is 0 Å². The molecule has 13 heteroatoms. The van der Waals surface area contributed by atoms with Crippen LogP contribution in [0, 0.1) is 0 Å². The van der Waals surface area contributed by atoms with Crippen molar-refractivity contribution in [1.82, 2.24) is 14.2 Å². The van der Waals surface area contributed by atoms with E-state index in [1.807, 2.05) is 36.9 Å². The number of carbonyl (C=O) groups is 2. The van der Waals surface area contributed by atoms with Gasteiger partial charge in [0.15, 0.2) is 0 Å². The third-order valence-electron chi connectivity index (χ3n) is 5.77. The fourth-order valence-corrected chi connectivity index (χ4v) is 5.47. The number of aromatic nitrogens is 1. The van der Waals surface area contributed by atoms with Crippen molar-refractivity contribution in [2.45, 2.75) is 65.0 Å². The summed E-state index contributed by atoms with van der Waals surface area (Å²) in [5, 5.41) is 2.91. The molecule has 4 heterocycles. The molecule has 0 bridgehead atoms. The topological polar surface area (TPSA) is 118 Å². The van der Waals surface area contributed by atoms with Gasteiger partial charge >= 0.3 is 5.97 Å². The number of esters is 1. The molecule has 1 aromatic rings. The molecule has 4 rings (SSSR count). The number of halogens is 1. The number of hydrogen-bond acceptors (Lipinski definition) is 11. The van der Waals surface area contributed by atoms with Crippen molar-refractivity contribution >= 4 is 47.7 Å². The average molecular weight is 642 g/mol. The number of nitrogens with one attached hydrogen (secondary N) is 1. The Labute approximate surface area is 230 Å². The van der Waals surface area contributed by atoms with E-state index in [9.17, 15) is 14.4 Å². The summed E-state index contributed by atoms with van der Waals surface area (Å²) in [6.45, 7) is 9.83. The maximum atomic E-state index is 13.0. The predicted octanol–water partition coefficient (Wildman–Crippen LogP) is 2.99. The Bertz CT molecular complexity index is 904. The fourth-order valence-electron chi connectivity index (χ4n) is 4.30. The summed E-state index contributed by atoms with van der Waals surface area (Å²) in [4.78, 5) is 36.3. The zero-order chi connectivity index (χ0) is 26.6. The van der Waals surface area contributed by atoms with Crippen molar-refractivity contribution in [3.8, 4) is 0 Å².